The average molecular weight is 313 g/mol. The quantitative estimate of drug-likeness (QED) is 0.849. The maximum atomic E-state index is 5.97. The summed E-state index contributed by atoms with van der Waals surface area (Å²) in [5.41, 5.74) is 2.23. The van der Waals surface area contributed by atoms with Crippen molar-refractivity contribution >= 4 is 27.5 Å². The number of nitrogens with one attached hydrogen (secondary N) is 1. The van der Waals surface area contributed by atoms with Crippen LogP contribution < -0.4 is 5.32 Å². The lowest BCUT2D eigenvalue weighted by Gasteiger charge is -2.12. The Hall–Kier alpha value is -0.770. The molecule has 0 saturated carbocycles. The minimum atomic E-state index is -0.0836. The van der Waals surface area contributed by atoms with E-state index in [1.807, 2.05) is 24.3 Å². The molecule has 4 heteroatoms. The first-order valence-electron chi connectivity index (χ1n) is 5.48. The SMILES string of the molecule is Clc1ccc(C2NC3=C(Br)C=CCC3O2)cc1. The average Bonchev–Trinajstić information content (AvgIpc) is 2.75. The van der Waals surface area contributed by atoms with Crippen molar-refractivity contribution in [2.24, 2.45) is 0 Å². The second-order valence-corrected chi connectivity index (χ2v) is 5.39. The molecule has 0 amide bonds. The van der Waals surface area contributed by atoms with Crippen molar-refractivity contribution in [1.29, 1.82) is 0 Å². The molecule has 1 aromatic carbocycles. The molecular formula is C13H11BrClNO. The highest BCUT2D eigenvalue weighted by atomic mass is 79.9. The van der Waals surface area contributed by atoms with Gasteiger partial charge in [0.05, 0.1) is 5.70 Å². The van der Waals surface area contributed by atoms with Crippen LogP contribution in [-0.4, -0.2) is 6.10 Å². The zero-order valence-corrected chi connectivity index (χ0v) is 11.3. The molecule has 2 nitrogen and oxygen atoms in total. The maximum absolute atomic E-state index is 5.97. The lowest BCUT2D eigenvalue weighted by molar-refractivity contribution is 0.0456. The third kappa shape index (κ3) is 2.15. The van der Waals surface area contributed by atoms with E-state index in [0.717, 1.165) is 27.2 Å². The molecule has 3 rings (SSSR count). The van der Waals surface area contributed by atoms with Crippen molar-refractivity contribution in [2.75, 3.05) is 0 Å². The van der Waals surface area contributed by atoms with E-state index in [4.69, 9.17) is 16.3 Å². The molecule has 1 saturated heterocycles. The molecular weight excluding hydrogens is 302 g/mol. The number of rotatable bonds is 1. The van der Waals surface area contributed by atoms with Crippen LogP contribution in [0.4, 0.5) is 0 Å². The Balaban J connectivity index is 1.85. The number of halogens is 2. The minimum Gasteiger partial charge on any atom is -0.357 e. The molecule has 2 atom stereocenters. The fraction of sp³-hybridized carbons (Fsp3) is 0.231. The summed E-state index contributed by atoms with van der Waals surface area (Å²) in [5.74, 6) is 0. The van der Waals surface area contributed by atoms with Gasteiger partial charge in [0.2, 0.25) is 0 Å². The second-order valence-electron chi connectivity index (χ2n) is 4.10. The summed E-state index contributed by atoms with van der Waals surface area (Å²) in [6, 6.07) is 7.73. The first-order valence-corrected chi connectivity index (χ1v) is 6.65. The second kappa shape index (κ2) is 4.48. The van der Waals surface area contributed by atoms with Gasteiger partial charge in [-0.05, 0) is 34.5 Å². The van der Waals surface area contributed by atoms with Gasteiger partial charge in [0, 0.05) is 15.1 Å². The summed E-state index contributed by atoms with van der Waals surface area (Å²) >= 11 is 9.41. The van der Waals surface area contributed by atoms with Gasteiger partial charge in [-0.25, -0.2) is 0 Å². The van der Waals surface area contributed by atoms with Gasteiger partial charge in [0.1, 0.15) is 6.10 Å². The van der Waals surface area contributed by atoms with Crippen molar-refractivity contribution in [1.82, 2.24) is 5.32 Å². The van der Waals surface area contributed by atoms with Gasteiger partial charge in [-0.15, -0.1) is 0 Å². The summed E-state index contributed by atoms with van der Waals surface area (Å²) in [5, 5.41) is 4.14. The predicted octanol–water partition coefficient (Wildman–Crippen LogP) is 3.89. The molecule has 0 radical (unpaired) electrons. The van der Waals surface area contributed by atoms with E-state index < -0.39 is 0 Å². The molecule has 1 aromatic rings. The van der Waals surface area contributed by atoms with E-state index in [1.165, 1.54) is 0 Å². The van der Waals surface area contributed by atoms with Gasteiger partial charge in [-0.1, -0.05) is 35.9 Å². The van der Waals surface area contributed by atoms with Crippen LogP contribution in [0.25, 0.3) is 0 Å². The Bertz CT molecular complexity index is 495. The zero-order chi connectivity index (χ0) is 11.8. The lowest BCUT2D eigenvalue weighted by atomic mass is 10.1. The lowest BCUT2D eigenvalue weighted by Crippen LogP contribution is -2.15. The van der Waals surface area contributed by atoms with Crippen molar-refractivity contribution in [2.45, 2.75) is 18.8 Å². The molecule has 0 spiro atoms. The van der Waals surface area contributed by atoms with Gasteiger partial charge >= 0.3 is 0 Å². The zero-order valence-electron chi connectivity index (χ0n) is 8.99. The number of allylic oxidation sites excluding steroid dienone is 2. The third-order valence-corrected chi connectivity index (χ3v) is 3.90. The molecule has 1 aliphatic carbocycles. The minimum absolute atomic E-state index is 0.0836. The fourth-order valence-corrected chi connectivity index (χ4v) is 2.76. The first-order chi connectivity index (χ1) is 8.24. The Kier molecular flexibility index (Phi) is 2.99. The van der Waals surface area contributed by atoms with Crippen LogP contribution in [0.1, 0.15) is 18.2 Å². The summed E-state index contributed by atoms with van der Waals surface area (Å²) < 4.78 is 7.04. The molecule has 2 aliphatic rings. The monoisotopic (exact) mass is 311 g/mol. The van der Waals surface area contributed by atoms with Crippen molar-refractivity contribution in [3.8, 4) is 0 Å². The molecule has 0 aromatic heterocycles. The molecule has 1 fully saturated rings. The highest BCUT2D eigenvalue weighted by Crippen LogP contribution is 2.35. The largest absolute Gasteiger partial charge is 0.357 e. The van der Waals surface area contributed by atoms with Crippen molar-refractivity contribution in [3.05, 3.63) is 57.2 Å². The molecule has 2 unspecified atom stereocenters. The van der Waals surface area contributed by atoms with Crippen LogP contribution in [0.5, 0.6) is 0 Å². The Morgan fingerprint density at radius 1 is 1.29 bits per heavy atom. The summed E-state index contributed by atoms with van der Waals surface area (Å²) in [6.07, 6.45) is 5.15. The van der Waals surface area contributed by atoms with E-state index in [-0.39, 0.29) is 12.3 Å². The smallest absolute Gasteiger partial charge is 0.154 e. The van der Waals surface area contributed by atoms with Crippen LogP contribution in [0, 0.1) is 0 Å². The van der Waals surface area contributed by atoms with E-state index >= 15 is 0 Å². The number of benzene rings is 1. The third-order valence-electron chi connectivity index (χ3n) is 2.95. The summed E-state index contributed by atoms with van der Waals surface area (Å²) in [7, 11) is 0. The maximum Gasteiger partial charge on any atom is 0.154 e. The predicted molar refractivity (Wildman–Crippen MR) is 71.9 cm³/mol. The Labute approximate surface area is 113 Å². The molecule has 17 heavy (non-hydrogen) atoms. The van der Waals surface area contributed by atoms with E-state index in [0.29, 0.717) is 0 Å². The van der Waals surface area contributed by atoms with Gasteiger partial charge < -0.3 is 10.1 Å². The van der Waals surface area contributed by atoms with Gasteiger partial charge in [-0.2, -0.15) is 0 Å². The van der Waals surface area contributed by atoms with Crippen LogP contribution in [0.2, 0.25) is 5.02 Å². The van der Waals surface area contributed by atoms with Gasteiger partial charge in [-0.3, -0.25) is 0 Å². The van der Waals surface area contributed by atoms with Crippen LogP contribution >= 0.6 is 27.5 Å². The van der Waals surface area contributed by atoms with Crippen molar-refractivity contribution in [3.63, 3.8) is 0 Å². The van der Waals surface area contributed by atoms with Crippen LogP contribution in [0.15, 0.2) is 46.6 Å². The Morgan fingerprint density at radius 3 is 2.76 bits per heavy atom. The molecule has 1 heterocycles. The first kappa shape index (κ1) is 11.3. The number of hydrogen-bond acceptors (Lipinski definition) is 2. The molecule has 1 aliphatic heterocycles. The molecule has 88 valence electrons. The number of fused-ring (bicyclic) bond motifs is 1. The molecule has 1 N–H and O–H groups in total. The van der Waals surface area contributed by atoms with Crippen LogP contribution in [-0.2, 0) is 4.74 Å². The van der Waals surface area contributed by atoms with Crippen LogP contribution in [0.3, 0.4) is 0 Å². The standard InChI is InChI=1S/C13H11BrClNO/c14-10-2-1-3-11-12(10)16-13(17-11)8-4-6-9(15)7-5-8/h1-2,4-7,11,13,16H,3H2. The van der Waals surface area contributed by atoms with Crippen molar-refractivity contribution < 1.29 is 4.74 Å². The van der Waals surface area contributed by atoms with E-state index in [9.17, 15) is 0 Å². The summed E-state index contributed by atoms with van der Waals surface area (Å²) in [6.45, 7) is 0. The van der Waals surface area contributed by atoms with Gasteiger partial charge in [0.15, 0.2) is 6.23 Å². The topological polar surface area (TPSA) is 21.3 Å². The highest BCUT2D eigenvalue weighted by Gasteiger charge is 2.32. The highest BCUT2D eigenvalue weighted by molar-refractivity contribution is 9.11. The Morgan fingerprint density at radius 2 is 2.06 bits per heavy atom. The fourth-order valence-electron chi connectivity index (χ4n) is 2.08. The molecule has 0 bridgehead atoms. The number of ether oxygens (including phenoxy) is 1. The van der Waals surface area contributed by atoms with Gasteiger partial charge in [0.25, 0.3) is 0 Å². The summed E-state index contributed by atoms with van der Waals surface area (Å²) in [4.78, 5) is 0. The van der Waals surface area contributed by atoms with E-state index in [1.54, 1.807) is 0 Å². The number of hydrogen-bond donors (Lipinski definition) is 1. The van der Waals surface area contributed by atoms with E-state index in [2.05, 4.69) is 33.4 Å². The normalized spacial score (nSPS) is 26.9.